The molecule has 3 N–H and O–H groups in total. The number of hydrogen-bond acceptors (Lipinski definition) is 3. The highest BCUT2D eigenvalue weighted by atomic mass is 35.5. The first-order valence-corrected chi connectivity index (χ1v) is 11.0. The minimum atomic E-state index is -0.331. The molecule has 0 aliphatic carbocycles. The van der Waals surface area contributed by atoms with E-state index in [0.29, 0.717) is 27.5 Å². The van der Waals surface area contributed by atoms with Crippen molar-refractivity contribution in [2.45, 2.75) is 6.92 Å². The van der Waals surface area contributed by atoms with E-state index in [-0.39, 0.29) is 16.9 Å². The number of rotatable bonds is 4. The van der Waals surface area contributed by atoms with Gasteiger partial charge >= 0.3 is 0 Å². The molecule has 2 amide bonds. The van der Waals surface area contributed by atoms with Crippen molar-refractivity contribution < 1.29 is 9.59 Å². The van der Waals surface area contributed by atoms with E-state index in [1.807, 2.05) is 37.3 Å². The number of anilines is 2. The van der Waals surface area contributed by atoms with Gasteiger partial charge in [0.05, 0.1) is 0 Å². The molecule has 0 fully saturated rings. The summed E-state index contributed by atoms with van der Waals surface area (Å²) >= 11 is 11.5. The van der Waals surface area contributed by atoms with E-state index in [1.165, 1.54) is 0 Å². The SMILES string of the molecule is Cc1cccc(C(=O)Nc2ccc(NC(=S)NC(=O)c3cccc4c(Cl)cccc34)cc2)c1. The van der Waals surface area contributed by atoms with Gasteiger partial charge in [0.2, 0.25) is 0 Å². The van der Waals surface area contributed by atoms with Crippen molar-refractivity contribution in [1.29, 1.82) is 0 Å². The summed E-state index contributed by atoms with van der Waals surface area (Å²) < 4.78 is 0. The van der Waals surface area contributed by atoms with Crippen LogP contribution in [0.2, 0.25) is 5.02 Å². The predicted octanol–water partition coefficient (Wildman–Crippen LogP) is 6.18. The molecule has 0 bridgehead atoms. The predicted molar refractivity (Wildman–Crippen MR) is 138 cm³/mol. The largest absolute Gasteiger partial charge is 0.332 e. The lowest BCUT2D eigenvalue weighted by atomic mass is 10.0. The lowest BCUT2D eigenvalue weighted by Crippen LogP contribution is -2.34. The van der Waals surface area contributed by atoms with Crippen LogP contribution >= 0.6 is 23.8 Å². The molecule has 0 aliphatic heterocycles. The molecule has 4 rings (SSSR count). The standard InChI is InChI=1S/C26H20ClN3O2S/c1-16-5-2-6-17(15-16)24(31)28-18-11-13-19(14-12-18)29-26(33)30-25(32)22-9-3-8-21-20(22)7-4-10-23(21)27/h2-15H,1H3,(H,28,31)(H2,29,30,32,33). The minimum Gasteiger partial charge on any atom is -0.332 e. The van der Waals surface area contributed by atoms with Crippen molar-refractivity contribution in [2.24, 2.45) is 0 Å². The number of amides is 2. The molecule has 5 nitrogen and oxygen atoms in total. The Hall–Kier alpha value is -3.74. The fraction of sp³-hybridized carbons (Fsp3) is 0.0385. The Kier molecular flexibility index (Phi) is 6.68. The molecule has 0 unspecified atom stereocenters. The summed E-state index contributed by atoms with van der Waals surface area (Å²) in [5.74, 6) is -0.514. The molecular weight excluding hydrogens is 454 g/mol. The van der Waals surface area contributed by atoms with Gasteiger partial charge in [0, 0.05) is 32.9 Å². The van der Waals surface area contributed by atoms with Crippen LogP contribution < -0.4 is 16.0 Å². The quantitative estimate of drug-likeness (QED) is 0.309. The van der Waals surface area contributed by atoms with Crippen molar-refractivity contribution >= 4 is 62.9 Å². The minimum absolute atomic E-state index is 0.163. The summed E-state index contributed by atoms with van der Waals surface area (Å²) in [6, 6.07) is 25.2. The highest BCUT2D eigenvalue weighted by Crippen LogP contribution is 2.26. The van der Waals surface area contributed by atoms with Gasteiger partial charge in [-0.15, -0.1) is 0 Å². The molecule has 0 saturated carbocycles. The summed E-state index contributed by atoms with van der Waals surface area (Å²) in [5.41, 5.74) is 3.41. The molecule has 33 heavy (non-hydrogen) atoms. The Morgan fingerprint density at radius 1 is 0.758 bits per heavy atom. The molecule has 0 atom stereocenters. The van der Waals surface area contributed by atoms with E-state index in [2.05, 4.69) is 16.0 Å². The van der Waals surface area contributed by atoms with Crippen molar-refractivity contribution in [2.75, 3.05) is 10.6 Å². The summed E-state index contributed by atoms with van der Waals surface area (Å²) in [4.78, 5) is 25.2. The first-order valence-electron chi connectivity index (χ1n) is 10.2. The fourth-order valence-electron chi connectivity index (χ4n) is 3.43. The van der Waals surface area contributed by atoms with Crippen LogP contribution in [0.3, 0.4) is 0 Å². The fourth-order valence-corrected chi connectivity index (χ4v) is 3.88. The highest BCUT2D eigenvalue weighted by molar-refractivity contribution is 7.80. The van der Waals surface area contributed by atoms with E-state index in [0.717, 1.165) is 16.3 Å². The molecule has 4 aromatic carbocycles. The third-order valence-corrected chi connectivity index (χ3v) is 5.56. The Bertz CT molecular complexity index is 1370. The second-order valence-corrected chi connectivity index (χ2v) is 8.27. The van der Waals surface area contributed by atoms with Crippen molar-refractivity contribution in [3.8, 4) is 0 Å². The van der Waals surface area contributed by atoms with Crippen LogP contribution in [0.1, 0.15) is 26.3 Å². The normalized spacial score (nSPS) is 10.5. The molecule has 4 aromatic rings. The average Bonchev–Trinajstić information content (AvgIpc) is 2.80. The number of benzene rings is 4. The number of nitrogens with one attached hydrogen (secondary N) is 3. The van der Waals surface area contributed by atoms with Gasteiger partial charge in [-0.25, -0.2) is 0 Å². The molecule has 0 radical (unpaired) electrons. The maximum Gasteiger partial charge on any atom is 0.258 e. The summed E-state index contributed by atoms with van der Waals surface area (Å²) in [5, 5.41) is 10.8. The number of aryl methyl sites for hydroxylation is 1. The molecule has 164 valence electrons. The lowest BCUT2D eigenvalue weighted by Gasteiger charge is -2.12. The van der Waals surface area contributed by atoms with Gasteiger partial charge in [-0.05, 0) is 73.1 Å². The van der Waals surface area contributed by atoms with Crippen LogP contribution in [0.15, 0.2) is 84.9 Å². The van der Waals surface area contributed by atoms with Gasteiger partial charge in [-0.3, -0.25) is 14.9 Å². The number of fused-ring (bicyclic) bond motifs is 1. The molecular formula is C26H20ClN3O2S. The third-order valence-electron chi connectivity index (χ3n) is 5.02. The van der Waals surface area contributed by atoms with Crippen LogP contribution in [0, 0.1) is 6.92 Å². The summed E-state index contributed by atoms with van der Waals surface area (Å²) in [7, 11) is 0. The third kappa shape index (κ3) is 5.37. The number of thiocarbonyl (C=S) groups is 1. The number of carbonyl (C=O) groups is 2. The van der Waals surface area contributed by atoms with Gasteiger partial charge in [0.25, 0.3) is 11.8 Å². The Morgan fingerprint density at radius 2 is 1.39 bits per heavy atom. The summed E-state index contributed by atoms with van der Waals surface area (Å²) in [6.45, 7) is 1.94. The molecule has 0 aliphatic rings. The van der Waals surface area contributed by atoms with E-state index in [1.54, 1.807) is 54.6 Å². The molecule has 0 saturated heterocycles. The highest BCUT2D eigenvalue weighted by Gasteiger charge is 2.13. The van der Waals surface area contributed by atoms with Gasteiger partial charge < -0.3 is 10.6 Å². The van der Waals surface area contributed by atoms with E-state index in [9.17, 15) is 9.59 Å². The van der Waals surface area contributed by atoms with Crippen LogP contribution in [0.25, 0.3) is 10.8 Å². The first kappa shape index (κ1) is 22.5. The zero-order valence-electron chi connectivity index (χ0n) is 17.7. The van der Waals surface area contributed by atoms with Crippen molar-refractivity contribution in [1.82, 2.24) is 5.32 Å². The monoisotopic (exact) mass is 473 g/mol. The van der Waals surface area contributed by atoms with Gasteiger partial charge in [0.15, 0.2) is 5.11 Å². The van der Waals surface area contributed by atoms with E-state index < -0.39 is 0 Å². The first-order chi connectivity index (χ1) is 15.9. The Balaban J connectivity index is 1.39. The van der Waals surface area contributed by atoms with Crippen LogP contribution in [0.5, 0.6) is 0 Å². The zero-order chi connectivity index (χ0) is 23.4. The van der Waals surface area contributed by atoms with E-state index >= 15 is 0 Å². The second kappa shape index (κ2) is 9.81. The van der Waals surface area contributed by atoms with Gasteiger partial charge in [-0.1, -0.05) is 53.6 Å². The Morgan fingerprint density at radius 3 is 2.12 bits per heavy atom. The molecule has 0 heterocycles. The number of halogens is 1. The van der Waals surface area contributed by atoms with Crippen LogP contribution in [-0.4, -0.2) is 16.9 Å². The molecule has 7 heteroatoms. The summed E-state index contributed by atoms with van der Waals surface area (Å²) in [6.07, 6.45) is 0. The van der Waals surface area contributed by atoms with E-state index in [4.69, 9.17) is 23.8 Å². The second-order valence-electron chi connectivity index (χ2n) is 7.45. The molecule has 0 spiro atoms. The van der Waals surface area contributed by atoms with Crippen LogP contribution in [-0.2, 0) is 0 Å². The van der Waals surface area contributed by atoms with Crippen LogP contribution in [0.4, 0.5) is 11.4 Å². The van der Waals surface area contributed by atoms with Gasteiger partial charge in [0.1, 0.15) is 0 Å². The van der Waals surface area contributed by atoms with Crippen molar-refractivity contribution in [3.63, 3.8) is 0 Å². The maximum atomic E-state index is 12.8. The zero-order valence-corrected chi connectivity index (χ0v) is 19.3. The number of hydrogen-bond donors (Lipinski definition) is 3. The average molecular weight is 474 g/mol. The smallest absolute Gasteiger partial charge is 0.258 e. The van der Waals surface area contributed by atoms with Crippen molar-refractivity contribution in [3.05, 3.63) is 107 Å². The molecule has 0 aromatic heterocycles. The van der Waals surface area contributed by atoms with Gasteiger partial charge in [-0.2, -0.15) is 0 Å². The maximum absolute atomic E-state index is 12.8. The Labute approximate surface area is 201 Å². The lowest BCUT2D eigenvalue weighted by molar-refractivity contribution is 0.0978. The topological polar surface area (TPSA) is 70.2 Å². The number of carbonyl (C=O) groups excluding carboxylic acids is 2.